The summed E-state index contributed by atoms with van der Waals surface area (Å²) >= 11 is 0. The van der Waals surface area contributed by atoms with Crippen molar-refractivity contribution in [2.24, 2.45) is 5.41 Å². The zero-order chi connectivity index (χ0) is 12.2. The predicted octanol–water partition coefficient (Wildman–Crippen LogP) is 2.75. The zero-order valence-corrected chi connectivity index (χ0v) is 10.8. The Hall–Kier alpha value is -0.570. The third-order valence-electron chi connectivity index (χ3n) is 3.85. The monoisotopic (exact) mass is 227 g/mol. The average Bonchev–Trinajstić information content (AvgIpc) is 2.71. The molecule has 0 radical (unpaired) electrons. The van der Waals surface area contributed by atoms with Crippen molar-refractivity contribution >= 4 is 5.97 Å². The second-order valence-electron chi connectivity index (χ2n) is 5.51. The highest BCUT2D eigenvalue weighted by molar-refractivity contribution is 5.73. The molecule has 0 heterocycles. The fourth-order valence-electron chi connectivity index (χ4n) is 2.40. The lowest BCUT2D eigenvalue weighted by Gasteiger charge is -2.30. The largest absolute Gasteiger partial charge is 0.481 e. The lowest BCUT2D eigenvalue weighted by molar-refractivity contribution is -0.147. The van der Waals surface area contributed by atoms with Gasteiger partial charge in [0.25, 0.3) is 0 Å². The smallest absolute Gasteiger partial charge is 0.309 e. The van der Waals surface area contributed by atoms with Gasteiger partial charge in [-0.3, -0.25) is 4.79 Å². The summed E-state index contributed by atoms with van der Waals surface area (Å²) in [5.41, 5.74) is -0.591. The van der Waals surface area contributed by atoms with Crippen LogP contribution in [0.15, 0.2) is 0 Å². The van der Waals surface area contributed by atoms with Gasteiger partial charge in [-0.15, -0.1) is 0 Å². The van der Waals surface area contributed by atoms with Crippen LogP contribution in [0.25, 0.3) is 0 Å². The lowest BCUT2D eigenvalue weighted by Crippen LogP contribution is -2.37. The standard InChI is InChI=1S/C13H25NO2/c1-4-14(11-7-5-6-8-11)10-9-13(2,3)12(15)16/h11H,4-10H2,1-3H3,(H,15,16). The van der Waals surface area contributed by atoms with Crippen molar-refractivity contribution in [2.75, 3.05) is 13.1 Å². The molecule has 1 N–H and O–H groups in total. The number of hydrogen-bond acceptors (Lipinski definition) is 2. The van der Waals surface area contributed by atoms with Gasteiger partial charge in [-0.25, -0.2) is 0 Å². The first-order chi connectivity index (χ1) is 7.47. The zero-order valence-electron chi connectivity index (χ0n) is 10.8. The molecule has 0 unspecified atom stereocenters. The summed E-state index contributed by atoms with van der Waals surface area (Å²) in [5.74, 6) is -0.685. The Kier molecular flexibility index (Phi) is 4.78. The minimum Gasteiger partial charge on any atom is -0.481 e. The Morgan fingerprint density at radius 1 is 1.38 bits per heavy atom. The van der Waals surface area contributed by atoms with Gasteiger partial charge in [0.05, 0.1) is 5.41 Å². The number of carboxylic acid groups (broad SMARTS) is 1. The van der Waals surface area contributed by atoms with E-state index >= 15 is 0 Å². The molecule has 16 heavy (non-hydrogen) atoms. The van der Waals surface area contributed by atoms with E-state index in [0.29, 0.717) is 6.04 Å². The first-order valence-corrected chi connectivity index (χ1v) is 6.45. The van der Waals surface area contributed by atoms with Crippen molar-refractivity contribution in [1.82, 2.24) is 4.90 Å². The summed E-state index contributed by atoms with van der Waals surface area (Å²) in [7, 11) is 0. The van der Waals surface area contributed by atoms with Crippen LogP contribution in [0.1, 0.15) is 52.9 Å². The fourth-order valence-corrected chi connectivity index (χ4v) is 2.40. The van der Waals surface area contributed by atoms with E-state index in [1.807, 2.05) is 13.8 Å². The third kappa shape index (κ3) is 3.48. The first-order valence-electron chi connectivity index (χ1n) is 6.45. The van der Waals surface area contributed by atoms with Crippen LogP contribution >= 0.6 is 0 Å². The molecule has 1 aliphatic carbocycles. The molecular formula is C13H25NO2. The van der Waals surface area contributed by atoms with Crippen LogP contribution < -0.4 is 0 Å². The van der Waals surface area contributed by atoms with Crippen LogP contribution in [0.2, 0.25) is 0 Å². The highest BCUT2D eigenvalue weighted by atomic mass is 16.4. The number of hydrogen-bond donors (Lipinski definition) is 1. The molecule has 1 aliphatic rings. The molecule has 1 saturated carbocycles. The van der Waals surface area contributed by atoms with Crippen molar-refractivity contribution in [3.05, 3.63) is 0 Å². The molecule has 0 saturated heterocycles. The van der Waals surface area contributed by atoms with Gasteiger partial charge >= 0.3 is 5.97 Å². The van der Waals surface area contributed by atoms with Crippen LogP contribution in [0.5, 0.6) is 0 Å². The number of carboxylic acids is 1. The maximum Gasteiger partial charge on any atom is 0.309 e. The maximum atomic E-state index is 11.0. The second kappa shape index (κ2) is 5.67. The van der Waals surface area contributed by atoms with Crippen molar-refractivity contribution < 1.29 is 9.90 Å². The molecule has 1 rings (SSSR count). The Morgan fingerprint density at radius 2 is 1.94 bits per heavy atom. The van der Waals surface area contributed by atoms with Crippen molar-refractivity contribution in [3.63, 3.8) is 0 Å². The van der Waals surface area contributed by atoms with Crippen LogP contribution in [0.4, 0.5) is 0 Å². The van der Waals surface area contributed by atoms with Gasteiger partial charge in [0.1, 0.15) is 0 Å². The Morgan fingerprint density at radius 3 is 2.38 bits per heavy atom. The summed E-state index contributed by atoms with van der Waals surface area (Å²) in [6.45, 7) is 7.77. The van der Waals surface area contributed by atoms with Crippen LogP contribution in [0.3, 0.4) is 0 Å². The molecule has 0 bridgehead atoms. The second-order valence-corrected chi connectivity index (χ2v) is 5.51. The minimum atomic E-state index is -0.685. The molecule has 3 nitrogen and oxygen atoms in total. The molecule has 0 aromatic heterocycles. The lowest BCUT2D eigenvalue weighted by atomic mass is 9.89. The van der Waals surface area contributed by atoms with Gasteiger partial charge in [-0.2, -0.15) is 0 Å². The van der Waals surface area contributed by atoms with E-state index in [-0.39, 0.29) is 0 Å². The summed E-state index contributed by atoms with van der Waals surface area (Å²) < 4.78 is 0. The summed E-state index contributed by atoms with van der Waals surface area (Å²) in [6, 6.07) is 0.703. The predicted molar refractivity (Wildman–Crippen MR) is 65.5 cm³/mol. The molecule has 0 aliphatic heterocycles. The van der Waals surface area contributed by atoms with E-state index in [1.165, 1.54) is 25.7 Å². The highest BCUT2D eigenvalue weighted by Gasteiger charge is 2.29. The van der Waals surface area contributed by atoms with Crippen molar-refractivity contribution in [2.45, 2.75) is 58.9 Å². The number of rotatable bonds is 6. The Bertz CT molecular complexity index is 232. The topological polar surface area (TPSA) is 40.5 Å². The average molecular weight is 227 g/mol. The third-order valence-corrected chi connectivity index (χ3v) is 3.85. The van der Waals surface area contributed by atoms with E-state index in [9.17, 15) is 4.79 Å². The van der Waals surface area contributed by atoms with E-state index in [1.54, 1.807) is 0 Å². The quantitative estimate of drug-likeness (QED) is 0.758. The molecule has 0 aromatic rings. The molecule has 94 valence electrons. The molecule has 0 aromatic carbocycles. The molecule has 0 amide bonds. The Balaban J connectivity index is 2.41. The minimum absolute atomic E-state index is 0.591. The van der Waals surface area contributed by atoms with Gasteiger partial charge in [-0.1, -0.05) is 19.8 Å². The van der Waals surface area contributed by atoms with Gasteiger partial charge in [0, 0.05) is 6.04 Å². The maximum absolute atomic E-state index is 11.0. The molecular weight excluding hydrogens is 202 g/mol. The highest BCUT2D eigenvalue weighted by Crippen LogP contribution is 2.26. The van der Waals surface area contributed by atoms with E-state index in [4.69, 9.17) is 5.11 Å². The van der Waals surface area contributed by atoms with E-state index < -0.39 is 11.4 Å². The van der Waals surface area contributed by atoms with Crippen LogP contribution in [-0.2, 0) is 4.79 Å². The first kappa shape index (κ1) is 13.5. The molecule has 0 spiro atoms. The Labute approximate surface area is 98.8 Å². The van der Waals surface area contributed by atoms with Gasteiger partial charge in [-0.05, 0) is 46.2 Å². The summed E-state index contributed by atoms with van der Waals surface area (Å²) in [6.07, 6.45) is 6.00. The molecule has 1 fully saturated rings. The number of nitrogens with zero attached hydrogens (tertiary/aromatic N) is 1. The fraction of sp³-hybridized carbons (Fsp3) is 0.923. The molecule has 3 heteroatoms. The van der Waals surface area contributed by atoms with Crippen LogP contribution in [-0.4, -0.2) is 35.1 Å². The summed E-state index contributed by atoms with van der Waals surface area (Å²) in [5, 5.41) is 9.07. The van der Waals surface area contributed by atoms with E-state index in [2.05, 4.69) is 11.8 Å². The van der Waals surface area contributed by atoms with Gasteiger partial charge < -0.3 is 10.0 Å². The van der Waals surface area contributed by atoms with Gasteiger partial charge in [0.2, 0.25) is 0 Å². The SMILES string of the molecule is CCN(CCC(C)(C)C(=O)O)C1CCCC1. The van der Waals surface area contributed by atoms with Crippen LogP contribution in [0, 0.1) is 5.41 Å². The normalized spacial score (nSPS) is 18.2. The summed E-state index contributed by atoms with van der Waals surface area (Å²) in [4.78, 5) is 13.5. The molecule has 0 atom stereocenters. The van der Waals surface area contributed by atoms with E-state index in [0.717, 1.165) is 19.5 Å². The number of aliphatic carboxylic acids is 1. The van der Waals surface area contributed by atoms with Crippen molar-refractivity contribution in [3.8, 4) is 0 Å². The number of carbonyl (C=O) groups is 1. The van der Waals surface area contributed by atoms with Crippen molar-refractivity contribution in [1.29, 1.82) is 0 Å². The van der Waals surface area contributed by atoms with Gasteiger partial charge in [0.15, 0.2) is 0 Å².